The van der Waals surface area contributed by atoms with Crippen LogP contribution in [0.1, 0.15) is 110 Å². The second kappa shape index (κ2) is 23.9. The zero-order chi connectivity index (χ0) is 43.4. The van der Waals surface area contributed by atoms with Crippen molar-refractivity contribution in [2.75, 3.05) is 17.5 Å². The van der Waals surface area contributed by atoms with Gasteiger partial charge in [-0.1, -0.05) is 84.0 Å². The van der Waals surface area contributed by atoms with E-state index in [0.717, 1.165) is 62.2 Å². The molecule has 0 aromatic heterocycles. The van der Waals surface area contributed by atoms with Crippen LogP contribution in [0.5, 0.6) is 0 Å². The third kappa shape index (κ3) is 14.6. The molecule has 1 unspecified atom stereocenters. The van der Waals surface area contributed by atoms with Gasteiger partial charge in [0, 0.05) is 24.8 Å². The molecule has 0 bridgehead atoms. The van der Waals surface area contributed by atoms with Gasteiger partial charge in [-0.05, 0) is 31.4 Å². The first-order valence-corrected chi connectivity index (χ1v) is 19.4. The average molecular weight is 831 g/mol. The molecular formula is C37H50N8O14. The Morgan fingerprint density at radius 1 is 0.814 bits per heavy atom. The van der Waals surface area contributed by atoms with Crippen LogP contribution >= 0.6 is 0 Å². The number of benzene rings is 2. The topological polar surface area (TPSA) is 314 Å². The summed E-state index contributed by atoms with van der Waals surface area (Å²) in [6, 6.07) is 5.36. The Bertz CT molecular complexity index is 1860. The molecule has 0 saturated carbocycles. The quantitative estimate of drug-likeness (QED) is 0.0220. The summed E-state index contributed by atoms with van der Waals surface area (Å²) in [6.45, 7) is 1.52. The lowest BCUT2D eigenvalue weighted by Gasteiger charge is -2.21. The minimum Gasteiger partial charge on any atom is -0.463 e. The number of aliphatic hydroxyl groups excluding tert-OH is 1. The molecule has 4 N–H and O–H groups in total. The molecule has 3 atom stereocenters. The minimum atomic E-state index is -2.61. The molecule has 1 heterocycles. The van der Waals surface area contributed by atoms with Crippen LogP contribution in [0.3, 0.4) is 0 Å². The van der Waals surface area contributed by atoms with E-state index in [2.05, 4.69) is 28.0 Å². The Morgan fingerprint density at radius 2 is 1.31 bits per heavy atom. The van der Waals surface area contributed by atoms with E-state index in [1.165, 1.54) is 51.4 Å². The number of esters is 2. The number of aliphatic hydroxyl groups is 2. The molecule has 0 spiro atoms. The van der Waals surface area contributed by atoms with Crippen LogP contribution in [-0.2, 0) is 19.1 Å². The molecule has 1 fully saturated rings. The van der Waals surface area contributed by atoms with Gasteiger partial charge < -0.3 is 19.7 Å². The van der Waals surface area contributed by atoms with Gasteiger partial charge in [0.05, 0.1) is 31.8 Å². The van der Waals surface area contributed by atoms with Crippen molar-refractivity contribution in [2.24, 2.45) is 10.2 Å². The van der Waals surface area contributed by atoms with Gasteiger partial charge in [-0.2, -0.15) is 10.2 Å². The van der Waals surface area contributed by atoms with Crippen LogP contribution in [0.15, 0.2) is 46.6 Å². The third-order valence-corrected chi connectivity index (χ3v) is 9.50. The van der Waals surface area contributed by atoms with Gasteiger partial charge in [0.1, 0.15) is 29.8 Å². The number of hydrogen-bond acceptors (Lipinski definition) is 18. The smallest absolute Gasteiger partial charge is 0.345 e. The average Bonchev–Trinajstić information content (AvgIpc) is 3.45. The number of carbonyl (C=O) groups is 2. The molecule has 2 aromatic carbocycles. The number of non-ortho nitro benzene ring substituents is 2. The van der Waals surface area contributed by atoms with Crippen LogP contribution in [0.25, 0.3) is 0 Å². The maximum atomic E-state index is 13.1. The second-order valence-electron chi connectivity index (χ2n) is 13.9. The molecule has 22 heteroatoms. The monoisotopic (exact) mass is 830 g/mol. The van der Waals surface area contributed by atoms with Crippen LogP contribution in [0.4, 0.5) is 34.1 Å². The third-order valence-electron chi connectivity index (χ3n) is 9.50. The number of nitrogens with zero attached hydrogens (tertiary/aromatic N) is 6. The maximum absolute atomic E-state index is 13.1. The summed E-state index contributed by atoms with van der Waals surface area (Å²) in [5.74, 6) is -1.92. The van der Waals surface area contributed by atoms with Gasteiger partial charge in [-0.25, -0.2) is 4.79 Å². The molecule has 0 amide bonds. The van der Waals surface area contributed by atoms with Crippen LogP contribution in [-0.4, -0.2) is 78.2 Å². The van der Waals surface area contributed by atoms with E-state index in [0.29, 0.717) is 12.5 Å². The lowest BCUT2D eigenvalue weighted by atomic mass is 9.90. The summed E-state index contributed by atoms with van der Waals surface area (Å²) in [6.07, 6.45) is 11.4. The lowest BCUT2D eigenvalue weighted by Crippen LogP contribution is -2.46. The summed E-state index contributed by atoms with van der Waals surface area (Å²) in [5.41, 5.74) is -1.71. The Balaban J connectivity index is 1.64. The van der Waals surface area contributed by atoms with Crippen molar-refractivity contribution in [1.82, 2.24) is 0 Å². The van der Waals surface area contributed by atoms with Crippen molar-refractivity contribution < 1.29 is 49.0 Å². The van der Waals surface area contributed by atoms with Crippen molar-refractivity contribution in [3.63, 3.8) is 0 Å². The highest BCUT2D eigenvalue weighted by atomic mass is 16.6. The molecule has 1 saturated heterocycles. The van der Waals surface area contributed by atoms with Crippen molar-refractivity contribution in [2.45, 2.75) is 127 Å². The minimum absolute atomic E-state index is 0.0710. The fourth-order valence-electron chi connectivity index (χ4n) is 6.21. The van der Waals surface area contributed by atoms with E-state index >= 15 is 0 Å². The number of hydrazone groups is 2. The number of hydrogen-bond donors (Lipinski definition) is 4. The van der Waals surface area contributed by atoms with E-state index in [1.54, 1.807) is 0 Å². The Kier molecular flexibility index (Phi) is 19.1. The van der Waals surface area contributed by atoms with E-state index in [4.69, 9.17) is 9.47 Å². The van der Waals surface area contributed by atoms with E-state index in [1.807, 2.05) is 0 Å². The first-order valence-electron chi connectivity index (χ1n) is 19.4. The van der Waals surface area contributed by atoms with Gasteiger partial charge in [-0.15, -0.1) is 0 Å². The van der Waals surface area contributed by atoms with E-state index in [9.17, 15) is 60.3 Å². The zero-order valence-electron chi connectivity index (χ0n) is 32.7. The normalized spacial score (nSPS) is 17.4. The van der Waals surface area contributed by atoms with Gasteiger partial charge >= 0.3 is 23.3 Å². The number of rotatable bonds is 28. The van der Waals surface area contributed by atoms with Crippen molar-refractivity contribution in [3.8, 4) is 0 Å². The molecule has 2 aromatic rings. The molecule has 3 rings (SSSR count). The largest absolute Gasteiger partial charge is 0.463 e. The molecule has 0 aliphatic carbocycles. The lowest BCUT2D eigenvalue weighted by molar-refractivity contribution is -0.393. The predicted octanol–water partition coefficient (Wildman–Crippen LogP) is 7.01. The van der Waals surface area contributed by atoms with Crippen LogP contribution < -0.4 is 10.9 Å². The molecule has 1 aliphatic rings. The highest BCUT2D eigenvalue weighted by Crippen LogP contribution is 2.33. The SMILES string of the molecule is CCCCCCCCCCCCCCCC(=O)OC[C@H](O)[C@@H]1OC(=O)C(O)(CC/C=N/Nc2ccc([N+](=O)[O-])cc2[N+](=O)[O-])/C1=N\Nc1ccc([N+](=O)[O-])cc1[N+](=O)[O-]. The molecule has 59 heavy (non-hydrogen) atoms. The maximum Gasteiger partial charge on any atom is 0.345 e. The number of nitro groups is 4. The number of carbonyl (C=O) groups excluding carboxylic acids is 2. The van der Waals surface area contributed by atoms with Crippen molar-refractivity contribution >= 4 is 58.0 Å². The first kappa shape index (κ1) is 47.2. The number of ether oxygens (including phenoxy) is 2. The molecule has 322 valence electrons. The summed E-state index contributed by atoms with van der Waals surface area (Å²) in [5, 5.41) is 75.7. The summed E-state index contributed by atoms with van der Waals surface area (Å²) in [4.78, 5) is 67.5. The number of unbranched alkanes of at least 4 members (excludes halogenated alkanes) is 12. The van der Waals surface area contributed by atoms with Crippen LogP contribution in [0, 0.1) is 40.5 Å². The molecular weight excluding hydrogens is 780 g/mol. The van der Waals surface area contributed by atoms with Crippen molar-refractivity contribution in [1.29, 1.82) is 0 Å². The van der Waals surface area contributed by atoms with Crippen LogP contribution in [0.2, 0.25) is 0 Å². The van der Waals surface area contributed by atoms with E-state index < -0.39 is 90.9 Å². The summed E-state index contributed by atoms with van der Waals surface area (Å²) < 4.78 is 10.5. The Morgan fingerprint density at radius 3 is 1.80 bits per heavy atom. The van der Waals surface area contributed by atoms with Gasteiger partial charge in [0.2, 0.25) is 5.60 Å². The first-order chi connectivity index (χ1) is 28.2. The molecule has 1 aliphatic heterocycles. The number of nitro benzene ring substituents is 4. The molecule has 0 radical (unpaired) electrons. The summed E-state index contributed by atoms with van der Waals surface area (Å²) in [7, 11) is 0. The number of cyclic esters (lactones) is 1. The van der Waals surface area contributed by atoms with Gasteiger partial charge in [0.15, 0.2) is 6.10 Å². The van der Waals surface area contributed by atoms with Gasteiger partial charge in [-0.3, -0.25) is 56.1 Å². The number of nitrogens with one attached hydrogen (secondary N) is 2. The van der Waals surface area contributed by atoms with Gasteiger partial charge in [0.25, 0.3) is 11.4 Å². The fraction of sp³-hybridized carbons (Fsp3) is 0.568. The van der Waals surface area contributed by atoms with E-state index in [-0.39, 0.29) is 24.2 Å². The highest BCUT2D eigenvalue weighted by molar-refractivity contribution is 6.17. The Hall–Kier alpha value is -6.16. The van der Waals surface area contributed by atoms with Crippen molar-refractivity contribution in [3.05, 3.63) is 76.9 Å². The predicted molar refractivity (Wildman–Crippen MR) is 214 cm³/mol. The highest BCUT2D eigenvalue weighted by Gasteiger charge is 2.56. The molecule has 22 nitrogen and oxygen atoms in total. The summed E-state index contributed by atoms with van der Waals surface area (Å²) >= 11 is 0. The standard InChI is InChI=1S/C37H50N8O14/c1-2-3-4-5-6-7-8-9-10-11-12-13-14-16-33(47)58-25-32(46)34-35(41-40-29-20-18-27(43(52)53)24-31(29)45(56)57)37(49,36(48)59-34)21-15-22-38-39-28-19-17-26(42(50)51)23-30(28)44(54)55/h17-20,22-24,32,34,39-40,46,49H,2-16,21,25H2,1H3/b38-22+,41-35-/t32-,34-,37?/m0/s1. The Labute approximate surface area is 338 Å². The zero-order valence-corrected chi connectivity index (χ0v) is 32.7. The number of anilines is 2. The second-order valence-corrected chi connectivity index (χ2v) is 13.9. The fourth-order valence-corrected chi connectivity index (χ4v) is 6.21.